The zero-order chi connectivity index (χ0) is 17.1. The van der Waals surface area contributed by atoms with Crippen LogP contribution in [0.4, 0.5) is 0 Å². The minimum atomic E-state index is 0.263. The van der Waals surface area contributed by atoms with Crippen LogP contribution in [0.2, 0.25) is 0 Å². The third kappa shape index (κ3) is 3.32. The van der Waals surface area contributed by atoms with Gasteiger partial charge in [0.25, 0.3) is 0 Å². The van der Waals surface area contributed by atoms with E-state index in [9.17, 15) is 0 Å². The molecule has 0 radical (unpaired) electrons. The summed E-state index contributed by atoms with van der Waals surface area (Å²) >= 11 is 0. The molecule has 1 aromatic heterocycles. The fraction of sp³-hybridized carbons (Fsp3) is 0.136. The Hall–Kier alpha value is -2.91. The SMILES string of the molecule is CC(NCc1coc(-c2cccc3ccccc23)n1)c1ccccc1. The highest BCUT2D eigenvalue weighted by atomic mass is 16.3. The molecule has 3 aromatic carbocycles. The number of oxazole rings is 1. The predicted molar refractivity (Wildman–Crippen MR) is 101 cm³/mol. The Balaban J connectivity index is 1.52. The van der Waals surface area contributed by atoms with Gasteiger partial charge in [-0.25, -0.2) is 4.98 Å². The van der Waals surface area contributed by atoms with Crippen molar-refractivity contribution in [3.63, 3.8) is 0 Å². The van der Waals surface area contributed by atoms with Crippen LogP contribution in [0.15, 0.2) is 83.5 Å². The van der Waals surface area contributed by atoms with Gasteiger partial charge < -0.3 is 9.73 Å². The molecule has 0 fully saturated rings. The summed E-state index contributed by atoms with van der Waals surface area (Å²) in [6, 6.07) is 25.1. The van der Waals surface area contributed by atoms with Crippen molar-refractivity contribution < 1.29 is 4.42 Å². The molecule has 0 aliphatic heterocycles. The standard InChI is InChI=1S/C22H20N2O/c1-16(17-8-3-2-4-9-17)23-14-19-15-25-22(24-19)21-13-7-11-18-10-5-6-12-20(18)21/h2-13,15-16,23H,14H2,1H3. The largest absolute Gasteiger partial charge is 0.444 e. The summed E-state index contributed by atoms with van der Waals surface area (Å²) in [7, 11) is 0. The van der Waals surface area contributed by atoms with E-state index in [1.54, 1.807) is 6.26 Å². The topological polar surface area (TPSA) is 38.1 Å². The molecule has 3 nitrogen and oxygen atoms in total. The summed E-state index contributed by atoms with van der Waals surface area (Å²) < 4.78 is 5.75. The normalized spacial score (nSPS) is 12.4. The fourth-order valence-corrected chi connectivity index (χ4v) is 3.04. The second-order valence-electron chi connectivity index (χ2n) is 6.18. The molecule has 1 unspecified atom stereocenters. The lowest BCUT2D eigenvalue weighted by Gasteiger charge is -2.12. The minimum Gasteiger partial charge on any atom is -0.444 e. The quantitative estimate of drug-likeness (QED) is 0.537. The molecule has 0 bridgehead atoms. The molecular formula is C22H20N2O. The van der Waals surface area contributed by atoms with Crippen molar-refractivity contribution in [2.45, 2.75) is 19.5 Å². The molecule has 0 aliphatic rings. The van der Waals surface area contributed by atoms with Crippen molar-refractivity contribution >= 4 is 10.8 Å². The summed E-state index contributed by atoms with van der Waals surface area (Å²) in [6.07, 6.45) is 1.74. The lowest BCUT2D eigenvalue weighted by atomic mass is 10.0. The number of nitrogens with one attached hydrogen (secondary N) is 1. The third-order valence-electron chi connectivity index (χ3n) is 4.46. The van der Waals surface area contributed by atoms with Gasteiger partial charge in [0.2, 0.25) is 5.89 Å². The lowest BCUT2D eigenvalue weighted by molar-refractivity contribution is 0.554. The monoisotopic (exact) mass is 328 g/mol. The number of benzene rings is 3. The summed E-state index contributed by atoms with van der Waals surface area (Å²) in [5, 5.41) is 5.84. The fourth-order valence-electron chi connectivity index (χ4n) is 3.04. The van der Waals surface area contributed by atoms with Crippen LogP contribution in [-0.2, 0) is 6.54 Å². The van der Waals surface area contributed by atoms with Gasteiger partial charge in [0.1, 0.15) is 6.26 Å². The second-order valence-corrected chi connectivity index (χ2v) is 6.18. The van der Waals surface area contributed by atoms with Crippen LogP contribution in [0.3, 0.4) is 0 Å². The van der Waals surface area contributed by atoms with Crippen molar-refractivity contribution in [1.82, 2.24) is 10.3 Å². The van der Waals surface area contributed by atoms with Gasteiger partial charge in [-0.1, -0.05) is 66.7 Å². The van der Waals surface area contributed by atoms with Gasteiger partial charge in [-0.2, -0.15) is 0 Å². The first-order chi connectivity index (χ1) is 12.3. The van der Waals surface area contributed by atoms with E-state index in [4.69, 9.17) is 4.42 Å². The van der Waals surface area contributed by atoms with E-state index in [2.05, 4.69) is 65.8 Å². The summed E-state index contributed by atoms with van der Waals surface area (Å²) in [5.41, 5.74) is 3.20. The van der Waals surface area contributed by atoms with Crippen molar-refractivity contribution in [2.24, 2.45) is 0 Å². The van der Waals surface area contributed by atoms with Gasteiger partial charge in [-0.05, 0) is 29.3 Å². The maximum atomic E-state index is 5.75. The molecule has 1 N–H and O–H groups in total. The Bertz CT molecular complexity index is 970. The van der Waals surface area contributed by atoms with Crippen molar-refractivity contribution in [3.05, 3.63) is 90.3 Å². The molecule has 0 saturated heterocycles. The van der Waals surface area contributed by atoms with Crippen LogP contribution in [0, 0.1) is 0 Å². The molecule has 124 valence electrons. The zero-order valence-corrected chi connectivity index (χ0v) is 14.1. The van der Waals surface area contributed by atoms with Gasteiger partial charge in [0, 0.05) is 18.2 Å². The Morgan fingerprint density at radius 3 is 2.56 bits per heavy atom. The Morgan fingerprint density at radius 2 is 1.68 bits per heavy atom. The van der Waals surface area contributed by atoms with E-state index in [0.717, 1.165) is 16.6 Å². The number of hydrogen-bond acceptors (Lipinski definition) is 3. The minimum absolute atomic E-state index is 0.263. The molecule has 25 heavy (non-hydrogen) atoms. The van der Waals surface area contributed by atoms with Crippen LogP contribution in [-0.4, -0.2) is 4.98 Å². The Morgan fingerprint density at radius 1 is 0.920 bits per heavy atom. The molecule has 4 rings (SSSR count). The van der Waals surface area contributed by atoms with E-state index in [-0.39, 0.29) is 6.04 Å². The number of fused-ring (bicyclic) bond motifs is 1. The summed E-state index contributed by atoms with van der Waals surface area (Å²) in [5.74, 6) is 0.668. The van der Waals surface area contributed by atoms with Gasteiger partial charge in [-0.15, -0.1) is 0 Å². The first-order valence-electron chi connectivity index (χ1n) is 8.52. The lowest BCUT2D eigenvalue weighted by Crippen LogP contribution is -2.18. The van der Waals surface area contributed by atoms with Crippen LogP contribution < -0.4 is 5.32 Å². The molecule has 4 aromatic rings. The van der Waals surface area contributed by atoms with Gasteiger partial charge in [0.05, 0.1) is 5.69 Å². The number of aromatic nitrogens is 1. The summed E-state index contributed by atoms with van der Waals surface area (Å²) in [6.45, 7) is 2.82. The van der Waals surface area contributed by atoms with E-state index in [1.165, 1.54) is 10.9 Å². The second kappa shape index (κ2) is 6.91. The number of rotatable bonds is 5. The maximum Gasteiger partial charge on any atom is 0.226 e. The smallest absolute Gasteiger partial charge is 0.226 e. The first-order valence-corrected chi connectivity index (χ1v) is 8.52. The van der Waals surface area contributed by atoms with E-state index in [0.29, 0.717) is 12.4 Å². The molecule has 1 heterocycles. The molecule has 0 amide bonds. The highest BCUT2D eigenvalue weighted by Crippen LogP contribution is 2.28. The van der Waals surface area contributed by atoms with Crippen molar-refractivity contribution in [3.8, 4) is 11.5 Å². The number of nitrogens with zero attached hydrogens (tertiary/aromatic N) is 1. The first kappa shape index (κ1) is 15.6. The Labute approximate surface area is 147 Å². The molecule has 0 spiro atoms. The van der Waals surface area contributed by atoms with Gasteiger partial charge >= 0.3 is 0 Å². The van der Waals surface area contributed by atoms with Crippen LogP contribution in [0.5, 0.6) is 0 Å². The molecule has 1 atom stereocenters. The van der Waals surface area contributed by atoms with Crippen LogP contribution in [0.1, 0.15) is 24.2 Å². The maximum absolute atomic E-state index is 5.75. The Kier molecular flexibility index (Phi) is 4.32. The van der Waals surface area contributed by atoms with E-state index >= 15 is 0 Å². The van der Waals surface area contributed by atoms with E-state index < -0.39 is 0 Å². The van der Waals surface area contributed by atoms with Crippen molar-refractivity contribution in [1.29, 1.82) is 0 Å². The highest BCUT2D eigenvalue weighted by Gasteiger charge is 2.11. The van der Waals surface area contributed by atoms with Crippen molar-refractivity contribution in [2.75, 3.05) is 0 Å². The zero-order valence-electron chi connectivity index (χ0n) is 14.1. The van der Waals surface area contributed by atoms with Crippen LogP contribution >= 0.6 is 0 Å². The summed E-state index contributed by atoms with van der Waals surface area (Å²) in [4.78, 5) is 4.67. The molecule has 0 saturated carbocycles. The van der Waals surface area contributed by atoms with Crippen LogP contribution in [0.25, 0.3) is 22.2 Å². The molecule has 0 aliphatic carbocycles. The average Bonchev–Trinajstić information content (AvgIpc) is 3.15. The number of hydrogen-bond donors (Lipinski definition) is 1. The van der Waals surface area contributed by atoms with E-state index in [1.807, 2.05) is 24.3 Å². The molecule has 3 heteroatoms. The predicted octanol–water partition coefficient (Wildman–Crippen LogP) is 5.35. The average molecular weight is 328 g/mol. The third-order valence-corrected chi connectivity index (χ3v) is 4.46. The molecular weight excluding hydrogens is 308 g/mol. The van der Waals surface area contributed by atoms with Gasteiger partial charge in [0.15, 0.2) is 0 Å². The highest BCUT2D eigenvalue weighted by molar-refractivity contribution is 5.94. The van der Waals surface area contributed by atoms with Gasteiger partial charge in [-0.3, -0.25) is 0 Å².